The van der Waals surface area contributed by atoms with Gasteiger partial charge in [0.25, 0.3) is 0 Å². The summed E-state index contributed by atoms with van der Waals surface area (Å²) in [6.07, 6.45) is 12.4. The van der Waals surface area contributed by atoms with Crippen LogP contribution >= 0.6 is 11.3 Å². The highest BCUT2D eigenvalue weighted by Gasteiger charge is 2.27. The number of rotatable bonds is 1. The number of pyridine rings is 1. The lowest BCUT2D eigenvalue weighted by Crippen LogP contribution is -2.13. The molecule has 2 aromatic carbocycles. The Morgan fingerprint density at radius 2 is 1.83 bits per heavy atom. The van der Waals surface area contributed by atoms with Gasteiger partial charge in [-0.25, -0.2) is 0 Å². The van der Waals surface area contributed by atoms with Crippen LogP contribution in [-0.4, -0.2) is 15.3 Å². The zero-order valence-corrected chi connectivity index (χ0v) is 16.2. The van der Waals surface area contributed by atoms with Crippen LogP contribution in [0.25, 0.3) is 47.8 Å². The van der Waals surface area contributed by atoms with E-state index in [9.17, 15) is 0 Å². The van der Waals surface area contributed by atoms with Crippen LogP contribution in [-0.2, 0) is 0 Å². The van der Waals surface area contributed by atoms with Crippen molar-refractivity contribution in [2.24, 2.45) is 10.9 Å². The largest absolute Gasteiger partial charge is 0.309 e. The van der Waals surface area contributed by atoms with E-state index in [0.29, 0.717) is 0 Å². The molecule has 0 N–H and O–H groups in total. The average Bonchev–Trinajstić information content (AvgIpc) is 3.43. The second-order valence-corrected chi connectivity index (χ2v) is 8.58. The molecule has 4 heterocycles. The molecule has 0 spiro atoms. The highest BCUT2D eigenvalue weighted by atomic mass is 32.1. The van der Waals surface area contributed by atoms with Gasteiger partial charge in [0, 0.05) is 38.0 Å². The van der Waals surface area contributed by atoms with Crippen LogP contribution in [0.1, 0.15) is 0 Å². The number of nitrogens with zero attached hydrogens (tertiary/aromatic N) is 3. The maximum atomic E-state index is 4.76. The van der Waals surface area contributed by atoms with Crippen molar-refractivity contribution < 1.29 is 0 Å². The van der Waals surface area contributed by atoms with Crippen LogP contribution in [0.5, 0.6) is 0 Å². The molecule has 0 bridgehead atoms. The topological polar surface area (TPSA) is 30.2 Å². The van der Waals surface area contributed by atoms with Gasteiger partial charge in [-0.2, -0.15) is 0 Å². The number of thiophene rings is 1. The third-order valence-corrected chi connectivity index (χ3v) is 7.08. The molecule has 0 fully saturated rings. The lowest BCUT2D eigenvalue weighted by atomic mass is 9.97. The minimum Gasteiger partial charge on any atom is -0.309 e. The Hall–Kier alpha value is -3.50. The van der Waals surface area contributed by atoms with Crippen LogP contribution in [0.2, 0.25) is 0 Å². The van der Waals surface area contributed by atoms with Gasteiger partial charge in [0.15, 0.2) is 0 Å². The Kier molecular flexibility index (Phi) is 2.94. The molecule has 4 heteroatoms. The average molecular weight is 389 g/mol. The van der Waals surface area contributed by atoms with Gasteiger partial charge in [-0.1, -0.05) is 36.4 Å². The number of fused-ring (bicyclic) bond motifs is 7. The lowest BCUT2D eigenvalue weighted by Gasteiger charge is -2.17. The van der Waals surface area contributed by atoms with Crippen molar-refractivity contribution in [1.82, 2.24) is 9.55 Å². The predicted molar refractivity (Wildman–Crippen MR) is 124 cm³/mol. The summed E-state index contributed by atoms with van der Waals surface area (Å²) in [6, 6.07) is 17.5. The Morgan fingerprint density at radius 3 is 2.83 bits per heavy atom. The van der Waals surface area contributed by atoms with Gasteiger partial charge in [0.2, 0.25) is 0 Å². The first-order chi connectivity index (χ1) is 14.4. The van der Waals surface area contributed by atoms with Crippen molar-refractivity contribution in [3.8, 4) is 0 Å². The summed E-state index contributed by atoms with van der Waals surface area (Å²) in [6.45, 7) is 0. The van der Waals surface area contributed by atoms with Gasteiger partial charge >= 0.3 is 0 Å². The van der Waals surface area contributed by atoms with Crippen LogP contribution in [0.4, 0.5) is 0 Å². The maximum absolute atomic E-state index is 4.76. The molecular formula is C25H15N3S. The van der Waals surface area contributed by atoms with E-state index in [0.717, 1.165) is 16.7 Å². The summed E-state index contributed by atoms with van der Waals surface area (Å²) in [4.78, 5) is 9.45. The van der Waals surface area contributed by atoms with Crippen LogP contribution in [0, 0.1) is 5.92 Å². The zero-order valence-electron chi connectivity index (χ0n) is 15.4. The van der Waals surface area contributed by atoms with Crippen LogP contribution in [0.15, 0.2) is 90.2 Å². The Bertz CT molecular complexity index is 1610. The van der Waals surface area contributed by atoms with E-state index in [1.54, 1.807) is 0 Å². The zero-order chi connectivity index (χ0) is 18.9. The molecule has 0 saturated heterocycles. The SMILES string of the molecule is C1=CC2=NC=C(n3c4cc5sc6ccccc6c5cc4c4ncccc43)C2C=C1. The van der Waals surface area contributed by atoms with Crippen LogP contribution < -0.4 is 0 Å². The fourth-order valence-corrected chi connectivity index (χ4v) is 5.77. The number of aliphatic imine (C=N–C) groups is 1. The standard InChI is InChI=1S/C25H15N3S/c1-3-8-19-16(7-1)22(14-27-19)28-20-9-5-11-26-25(20)18-12-17-15-6-2-4-10-23(15)29-24(17)13-21(18)28/h1-14,16H. The minimum atomic E-state index is 0.192. The van der Waals surface area contributed by atoms with E-state index in [2.05, 4.69) is 76.3 Å². The Balaban J connectivity index is 1.61. The predicted octanol–water partition coefficient (Wildman–Crippen LogP) is 6.55. The monoisotopic (exact) mass is 389 g/mol. The first kappa shape index (κ1) is 15.4. The van der Waals surface area contributed by atoms with Crippen molar-refractivity contribution in [2.75, 3.05) is 0 Å². The van der Waals surface area contributed by atoms with Gasteiger partial charge in [-0.15, -0.1) is 11.3 Å². The molecule has 0 saturated carbocycles. The number of allylic oxidation sites excluding steroid dienone is 5. The molecular weight excluding hydrogens is 374 g/mol. The number of hydrogen-bond acceptors (Lipinski definition) is 3. The van der Waals surface area contributed by atoms with Gasteiger partial charge in [0.1, 0.15) is 0 Å². The molecule has 0 amide bonds. The van der Waals surface area contributed by atoms with Crippen molar-refractivity contribution in [2.45, 2.75) is 0 Å². The summed E-state index contributed by atoms with van der Waals surface area (Å²) in [5, 5.41) is 3.82. The fourth-order valence-electron chi connectivity index (χ4n) is 4.65. The molecule has 1 unspecified atom stereocenters. The van der Waals surface area contributed by atoms with E-state index in [1.807, 2.05) is 29.8 Å². The molecule has 5 aromatic rings. The quantitative estimate of drug-likeness (QED) is 0.320. The van der Waals surface area contributed by atoms with Crippen molar-refractivity contribution in [1.29, 1.82) is 0 Å². The first-order valence-corrected chi connectivity index (χ1v) is 10.5. The van der Waals surface area contributed by atoms with Crippen molar-refractivity contribution >= 4 is 64.9 Å². The normalized spacial score (nSPS) is 18.1. The summed E-state index contributed by atoms with van der Waals surface area (Å²) in [5.41, 5.74) is 5.67. The smallest absolute Gasteiger partial charge is 0.0963 e. The maximum Gasteiger partial charge on any atom is 0.0963 e. The van der Waals surface area contributed by atoms with E-state index in [4.69, 9.17) is 4.98 Å². The summed E-state index contributed by atoms with van der Waals surface area (Å²) < 4.78 is 4.98. The molecule has 136 valence electrons. The van der Waals surface area contributed by atoms with Gasteiger partial charge in [-0.05, 0) is 36.4 Å². The lowest BCUT2D eigenvalue weighted by molar-refractivity contribution is 1.05. The minimum absolute atomic E-state index is 0.192. The molecule has 29 heavy (non-hydrogen) atoms. The molecule has 3 nitrogen and oxygen atoms in total. The number of hydrogen-bond donors (Lipinski definition) is 0. The number of aromatic nitrogens is 2. The summed E-state index contributed by atoms with van der Waals surface area (Å²) in [7, 11) is 0. The highest BCUT2D eigenvalue weighted by molar-refractivity contribution is 7.25. The molecule has 1 aliphatic heterocycles. The van der Waals surface area contributed by atoms with Crippen molar-refractivity contribution in [3.63, 3.8) is 0 Å². The second kappa shape index (κ2) is 5.52. The molecule has 7 rings (SSSR count). The molecule has 1 aliphatic carbocycles. The van der Waals surface area contributed by atoms with Gasteiger partial charge in [0.05, 0.1) is 33.9 Å². The van der Waals surface area contributed by atoms with Gasteiger partial charge < -0.3 is 4.57 Å². The fraction of sp³-hybridized carbons (Fsp3) is 0.0400. The van der Waals surface area contributed by atoms with E-state index in [1.165, 1.54) is 36.8 Å². The van der Waals surface area contributed by atoms with Crippen molar-refractivity contribution in [3.05, 3.63) is 85.2 Å². The first-order valence-electron chi connectivity index (χ1n) is 9.72. The molecule has 0 radical (unpaired) electrons. The third kappa shape index (κ3) is 2.01. The van der Waals surface area contributed by atoms with E-state index < -0.39 is 0 Å². The van der Waals surface area contributed by atoms with Gasteiger partial charge in [-0.3, -0.25) is 9.98 Å². The highest BCUT2D eigenvalue weighted by Crippen LogP contribution is 2.41. The van der Waals surface area contributed by atoms with Crippen LogP contribution in [0.3, 0.4) is 0 Å². The molecule has 2 aliphatic rings. The Morgan fingerprint density at radius 1 is 0.862 bits per heavy atom. The third-order valence-electron chi connectivity index (χ3n) is 5.94. The second-order valence-electron chi connectivity index (χ2n) is 7.50. The number of benzene rings is 2. The Labute approximate surface area is 170 Å². The summed E-state index contributed by atoms with van der Waals surface area (Å²) in [5.74, 6) is 0.192. The van der Waals surface area contributed by atoms with E-state index >= 15 is 0 Å². The van der Waals surface area contributed by atoms with E-state index in [-0.39, 0.29) is 5.92 Å². The summed E-state index contributed by atoms with van der Waals surface area (Å²) >= 11 is 1.85. The molecule has 1 atom stereocenters. The molecule has 3 aromatic heterocycles.